The molecule has 0 aromatic rings. The van der Waals surface area contributed by atoms with Crippen molar-refractivity contribution >= 4 is 17.9 Å². The molecule has 0 radical (unpaired) electrons. The number of unbranched alkanes of at least 4 members (excludes halogenated alkanes) is 26. The Morgan fingerprint density at radius 1 is 0.328 bits per heavy atom. The van der Waals surface area contributed by atoms with E-state index in [0.717, 1.165) is 109 Å². The molecule has 0 aliphatic heterocycles. The summed E-state index contributed by atoms with van der Waals surface area (Å²) in [7, 11) is 0. The normalized spacial score (nSPS) is 12.7. The molecule has 0 bridgehead atoms. The maximum absolute atomic E-state index is 12.8. The van der Waals surface area contributed by atoms with Gasteiger partial charge in [0.2, 0.25) is 0 Å². The molecule has 6 heteroatoms. The van der Waals surface area contributed by atoms with Crippen LogP contribution in [0, 0.1) is 0 Å². The van der Waals surface area contributed by atoms with E-state index in [1.807, 2.05) is 0 Å². The van der Waals surface area contributed by atoms with Gasteiger partial charge in [-0.1, -0.05) is 228 Å². The molecule has 0 aliphatic carbocycles. The molecule has 0 spiro atoms. The largest absolute Gasteiger partial charge is 0.462 e. The first-order valence-corrected chi connectivity index (χ1v) is 28.1. The average Bonchev–Trinajstić information content (AvgIpc) is 3.33. The van der Waals surface area contributed by atoms with Gasteiger partial charge in [0, 0.05) is 19.3 Å². The standard InChI is InChI=1S/C61H104O6/c1-4-7-10-13-16-19-22-25-28-30-31-32-34-36-39-42-45-48-51-54-60(63)66-57-58(56-65-59(62)53-50-47-44-41-38-35-27-24-21-18-15-12-9-6-3)67-61(64)55-52-49-46-43-40-37-33-29-26-23-20-17-14-11-8-5-2/h8-9,11-12,16-22,25-26,29,58H,4-7,10,13-15,23-24,27-28,30-57H2,1-3H3/b11-8-,12-9-,19-16-,20-17-,21-18-,25-22-,29-26-. The second-order valence-corrected chi connectivity index (χ2v) is 18.5. The molecular formula is C61H104O6. The maximum Gasteiger partial charge on any atom is 0.306 e. The second kappa shape index (κ2) is 55.2. The highest BCUT2D eigenvalue weighted by Gasteiger charge is 2.19. The van der Waals surface area contributed by atoms with Crippen LogP contribution in [0.3, 0.4) is 0 Å². The van der Waals surface area contributed by atoms with Gasteiger partial charge in [-0.25, -0.2) is 0 Å². The predicted octanol–water partition coefficient (Wildman–Crippen LogP) is 18.8. The smallest absolute Gasteiger partial charge is 0.306 e. The van der Waals surface area contributed by atoms with E-state index in [4.69, 9.17) is 14.2 Å². The zero-order valence-corrected chi connectivity index (χ0v) is 43.9. The SMILES string of the molecule is CC/C=C\C/C=C\C/C=C\CCCCCCCCC(=O)OC(COC(=O)CCCCCCCCC/C=C\C/C=C\CC)COC(=O)CCCCCCCCCCCC/C=C\C=C/CCCCC. The average molecular weight is 933 g/mol. The molecule has 0 N–H and O–H groups in total. The monoisotopic (exact) mass is 933 g/mol. The van der Waals surface area contributed by atoms with Crippen molar-refractivity contribution < 1.29 is 28.6 Å². The lowest BCUT2D eigenvalue weighted by Gasteiger charge is -2.18. The van der Waals surface area contributed by atoms with Crippen LogP contribution in [0.2, 0.25) is 0 Å². The van der Waals surface area contributed by atoms with Gasteiger partial charge in [0.1, 0.15) is 13.2 Å². The third-order valence-corrected chi connectivity index (χ3v) is 11.9. The van der Waals surface area contributed by atoms with Crippen LogP contribution in [0.1, 0.15) is 265 Å². The Balaban J connectivity index is 4.39. The highest BCUT2D eigenvalue weighted by atomic mass is 16.6. The summed E-state index contributed by atoms with van der Waals surface area (Å²) in [6, 6.07) is 0. The quantitative estimate of drug-likeness (QED) is 0.0199. The Morgan fingerprint density at radius 3 is 1.00 bits per heavy atom. The van der Waals surface area contributed by atoms with E-state index in [0.29, 0.717) is 19.3 Å². The molecule has 67 heavy (non-hydrogen) atoms. The second-order valence-electron chi connectivity index (χ2n) is 18.5. The van der Waals surface area contributed by atoms with Gasteiger partial charge in [0.15, 0.2) is 6.10 Å². The predicted molar refractivity (Wildman–Crippen MR) is 288 cm³/mol. The van der Waals surface area contributed by atoms with Crippen LogP contribution >= 0.6 is 0 Å². The zero-order valence-electron chi connectivity index (χ0n) is 43.9. The van der Waals surface area contributed by atoms with Crippen LogP contribution in [0.15, 0.2) is 85.1 Å². The molecule has 0 rings (SSSR count). The third-order valence-electron chi connectivity index (χ3n) is 11.9. The van der Waals surface area contributed by atoms with Crippen molar-refractivity contribution in [1.82, 2.24) is 0 Å². The molecule has 0 amide bonds. The first-order valence-electron chi connectivity index (χ1n) is 28.1. The Hall–Kier alpha value is -3.41. The van der Waals surface area contributed by atoms with Crippen LogP contribution in [-0.4, -0.2) is 37.2 Å². The zero-order chi connectivity index (χ0) is 48.6. The van der Waals surface area contributed by atoms with Crippen molar-refractivity contribution in [1.29, 1.82) is 0 Å². The number of ether oxygens (including phenoxy) is 3. The number of hydrogen-bond acceptors (Lipinski definition) is 6. The number of esters is 3. The fourth-order valence-electron chi connectivity index (χ4n) is 7.72. The van der Waals surface area contributed by atoms with E-state index >= 15 is 0 Å². The van der Waals surface area contributed by atoms with E-state index in [1.54, 1.807) is 0 Å². The van der Waals surface area contributed by atoms with Gasteiger partial charge in [-0.05, 0) is 103 Å². The summed E-state index contributed by atoms with van der Waals surface area (Å²) in [6.45, 7) is 6.39. The van der Waals surface area contributed by atoms with Crippen LogP contribution in [0.25, 0.3) is 0 Å². The summed E-state index contributed by atoms with van der Waals surface area (Å²) < 4.78 is 16.8. The minimum absolute atomic E-state index is 0.0863. The molecule has 0 aromatic heterocycles. The molecule has 0 saturated heterocycles. The van der Waals surface area contributed by atoms with E-state index in [2.05, 4.69) is 106 Å². The van der Waals surface area contributed by atoms with Gasteiger partial charge in [0.25, 0.3) is 0 Å². The summed E-state index contributed by atoms with van der Waals surface area (Å²) in [4.78, 5) is 38.1. The van der Waals surface area contributed by atoms with Crippen molar-refractivity contribution in [2.75, 3.05) is 13.2 Å². The molecule has 0 aromatic carbocycles. The summed E-state index contributed by atoms with van der Waals surface area (Å²) >= 11 is 0. The molecule has 1 atom stereocenters. The molecule has 0 heterocycles. The van der Waals surface area contributed by atoms with Crippen LogP contribution < -0.4 is 0 Å². The summed E-state index contributed by atoms with van der Waals surface area (Å²) in [5.74, 6) is -0.907. The number of rotatable bonds is 50. The molecular weight excluding hydrogens is 829 g/mol. The van der Waals surface area contributed by atoms with Crippen molar-refractivity contribution in [2.45, 2.75) is 271 Å². The van der Waals surface area contributed by atoms with Crippen molar-refractivity contribution in [3.63, 3.8) is 0 Å². The minimum Gasteiger partial charge on any atom is -0.462 e. The third kappa shape index (κ3) is 53.4. The number of hydrogen-bond donors (Lipinski definition) is 0. The summed E-state index contributed by atoms with van der Waals surface area (Å²) in [6.07, 6.45) is 71.4. The fraction of sp³-hybridized carbons (Fsp3) is 0.721. The molecule has 384 valence electrons. The van der Waals surface area contributed by atoms with Gasteiger partial charge in [0.05, 0.1) is 0 Å². The fourth-order valence-corrected chi connectivity index (χ4v) is 7.72. The Morgan fingerprint density at radius 2 is 0.627 bits per heavy atom. The Bertz CT molecular complexity index is 1300. The summed E-state index contributed by atoms with van der Waals surface area (Å²) in [5.41, 5.74) is 0. The molecule has 0 fully saturated rings. The highest BCUT2D eigenvalue weighted by Crippen LogP contribution is 2.15. The first-order chi connectivity index (χ1) is 33.0. The van der Waals surface area contributed by atoms with Crippen LogP contribution in [0.5, 0.6) is 0 Å². The van der Waals surface area contributed by atoms with Crippen molar-refractivity contribution in [3.05, 3.63) is 85.1 Å². The van der Waals surface area contributed by atoms with Crippen molar-refractivity contribution in [3.8, 4) is 0 Å². The number of carbonyl (C=O) groups is 3. The molecule has 6 nitrogen and oxygen atoms in total. The summed E-state index contributed by atoms with van der Waals surface area (Å²) in [5, 5.41) is 0. The van der Waals surface area contributed by atoms with E-state index < -0.39 is 6.10 Å². The highest BCUT2D eigenvalue weighted by molar-refractivity contribution is 5.71. The molecule has 0 saturated carbocycles. The maximum atomic E-state index is 12.8. The van der Waals surface area contributed by atoms with E-state index in [9.17, 15) is 14.4 Å². The van der Waals surface area contributed by atoms with E-state index in [1.165, 1.54) is 116 Å². The van der Waals surface area contributed by atoms with Crippen molar-refractivity contribution in [2.24, 2.45) is 0 Å². The van der Waals surface area contributed by atoms with Gasteiger partial charge in [-0.2, -0.15) is 0 Å². The lowest BCUT2D eigenvalue weighted by molar-refractivity contribution is -0.167. The van der Waals surface area contributed by atoms with Gasteiger partial charge in [-0.3, -0.25) is 14.4 Å². The number of carbonyl (C=O) groups excluding carboxylic acids is 3. The Labute approximate surface area is 414 Å². The van der Waals surface area contributed by atoms with Crippen LogP contribution in [-0.2, 0) is 28.6 Å². The number of allylic oxidation sites excluding steroid dienone is 14. The molecule has 1 unspecified atom stereocenters. The lowest BCUT2D eigenvalue weighted by atomic mass is 10.1. The van der Waals surface area contributed by atoms with Gasteiger partial charge < -0.3 is 14.2 Å². The van der Waals surface area contributed by atoms with E-state index in [-0.39, 0.29) is 31.1 Å². The van der Waals surface area contributed by atoms with Gasteiger partial charge in [-0.15, -0.1) is 0 Å². The Kier molecular flexibility index (Phi) is 52.4. The first kappa shape index (κ1) is 63.6. The topological polar surface area (TPSA) is 78.9 Å². The van der Waals surface area contributed by atoms with Gasteiger partial charge >= 0.3 is 17.9 Å². The minimum atomic E-state index is -0.789. The molecule has 0 aliphatic rings. The van der Waals surface area contributed by atoms with Crippen LogP contribution in [0.4, 0.5) is 0 Å². The lowest BCUT2D eigenvalue weighted by Crippen LogP contribution is -2.30.